The number of fused-ring (bicyclic) bond motifs is 1. The van der Waals surface area contributed by atoms with Crippen LogP contribution in [0.15, 0.2) is 0 Å². The molecule has 3 rings (SSSR count). The largest absolute Gasteiger partial charge is 0.480 e. The minimum Gasteiger partial charge on any atom is -0.480 e. The van der Waals surface area contributed by atoms with E-state index in [9.17, 15) is 9.90 Å². The molecule has 3 saturated heterocycles. The van der Waals surface area contributed by atoms with Crippen molar-refractivity contribution >= 4 is 13.1 Å². The molecular weight excluding hydrogens is 295 g/mol. The average molecular weight is 324 g/mol. The molecule has 3 N–H and O–H groups in total. The van der Waals surface area contributed by atoms with Gasteiger partial charge >= 0.3 is 13.1 Å². The predicted octanol–water partition coefficient (Wildman–Crippen LogP) is 1.27. The number of rotatable bonds is 5. The maximum absolute atomic E-state index is 11.8. The minimum absolute atomic E-state index is 0.192. The minimum atomic E-state index is -0.803. The number of carboxylic acids is 1. The molecule has 0 bridgehead atoms. The van der Waals surface area contributed by atoms with Crippen molar-refractivity contribution in [2.75, 3.05) is 19.6 Å². The summed E-state index contributed by atoms with van der Waals surface area (Å²) in [5.41, 5.74) is -1.60. The molecule has 0 amide bonds. The summed E-state index contributed by atoms with van der Waals surface area (Å²) in [5.74, 6) is -0.726. The summed E-state index contributed by atoms with van der Waals surface area (Å²) in [6.45, 7) is 10.3. The van der Waals surface area contributed by atoms with Crippen LogP contribution in [0, 0.1) is 5.41 Å². The van der Waals surface area contributed by atoms with Gasteiger partial charge in [0.05, 0.1) is 11.2 Å². The van der Waals surface area contributed by atoms with Gasteiger partial charge in [-0.05, 0) is 53.4 Å². The van der Waals surface area contributed by atoms with Crippen molar-refractivity contribution in [3.63, 3.8) is 0 Å². The molecule has 0 spiro atoms. The Balaban J connectivity index is 1.60. The molecule has 0 unspecified atom stereocenters. The molecule has 3 heterocycles. The standard InChI is InChI=1S/C16H29BN2O4/c1-13(2)14(3,4)23-17(22-13)8-5-6-15-7-9-19-16(15,12(20)21)11-18-10-15/h18-19H,5-11H2,1-4H3,(H,20,21)/t15-,16-/m1/s1. The van der Waals surface area contributed by atoms with Crippen LogP contribution < -0.4 is 10.6 Å². The van der Waals surface area contributed by atoms with E-state index in [1.165, 1.54) is 0 Å². The summed E-state index contributed by atoms with van der Waals surface area (Å²) < 4.78 is 12.1. The zero-order valence-corrected chi connectivity index (χ0v) is 14.7. The van der Waals surface area contributed by atoms with E-state index in [-0.39, 0.29) is 23.7 Å². The fourth-order valence-corrected chi connectivity index (χ4v) is 4.39. The lowest BCUT2D eigenvalue weighted by atomic mass is 9.68. The highest BCUT2D eigenvalue weighted by Gasteiger charge is 2.62. The number of nitrogens with one attached hydrogen (secondary N) is 2. The fourth-order valence-electron chi connectivity index (χ4n) is 4.39. The zero-order valence-electron chi connectivity index (χ0n) is 14.7. The Hall–Kier alpha value is -0.625. The first-order chi connectivity index (χ1) is 10.6. The van der Waals surface area contributed by atoms with E-state index in [4.69, 9.17) is 9.31 Å². The van der Waals surface area contributed by atoms with Gasteiger partial charge < -0.3 is 25.0 Å². The highest BCUT2D eigenvalue weighted by molar-refractivity contribution is 6.45. The van der Waals surface area contributed by atoms with Crippen molar-refractivity contribution in [3.05, 3.63) is 0 Å². The molecule has 7 heteroatoms. The number of carboxylic acid groups (broad SMARTS) is 1. The Morgan fingerprint density at radius 3 is 2.43 bits per heavy atom. The van der Waals surface area contributed by atoms with E-state index in [0.29, 0.717) is 6.54 Å². The molecule has 0 saturated carbocycles. The second-order valence-corrected chi connectivity index (χ2v) is 8.35. The Morgan fingerprint density at radius 2 is 1.83 bits per heavy atom. The van der Waals surface area contributed by atoms with E-state index < -0.39 is 11.5 Å². The quantitative estimate of drug-likeness (QED) is 0.661. The van der Waals surface area contributed by atoms with Gasteiger partial charge in [-0.3, -0.25) is 4.79 Å². The van der Waals surface area contributed by atoms with Crippen LogP contribution in [-0.4, -0.2) is 54.6 Å². The van der Waals surface area contributed by atoms with Gasteiger partial charge in [-0.15, -0.1) is 0 Å². The molecule has 0 aromatic heterocycles. The third-order valence-corrected chi connectivity index (χ3v) is 6.55. The van der Waals surface area contributed by atoms with Crippen LogP contribution in [0.5, 0.6) is 0 Å². The predicted molar refractivity (Wildman–Crippen MR) is 88.4 cm³/mol. The van der Waals surface area contributed by atoms with Gasteiger partial charge in [0.2, 0.25) is 0 Å². The summed E-state index contributed by atoms with van der Waals surface area (Å²) in [4.78, 5) is 11.8. The lowest BCUT2D eigenvalue weighted by molar-refractivity contribution is -0.147. The van der Waals surface area contributed by atoms with E-state index in [0.717, 1.165) is 38.7 Å². The second kappa shape index (κ2) is 5.44. The van der Waals surface area contributed by atoms with Crippen LogP contribution in [0.25, 0.3) is 0 Å². The van der Waals surface area contributed by atoms with Crippen LogP contribution in [0.2, 0.25) is 6.32 Å². The first-order valence-electron chi connectivity index (χ1n) is 8.69. The van der Waals surface area contributed by atoms with E-state index in [2.05, 4.69) is 38.3 Å². The van der Waals surface area contributed by atoms with Crippen LogP contribution in [-0.2, 0) is 14.1 Å². The molecule has 6 nitrogen and oxygen atoms in total. The number of aliphatic carboxylic acids is 1. The zero-order chi connectivity index (χ0) is 16.9. The first-order valence-corrected chi connectivity index (χ1v) is 8.69. The van der Waals surface area contributed by atoms with E-state index in [1.807, 2.05) is 0 Å². The van der Waals surface area contributed by atoms with Crippen molar-refractivity contribution < 1.29 is 19.2 Å². The Morgan fingerprint density at radius 1 is 1.17 bits per heavy atom. The highest BCUT2D eigenvalue weighted by Crippen LogP contribution is 2.47. The Labute approximate surface area is 138 Å². The summed E-state index contributed by atoms with van der Waals surface area (Å²) in [6.07, 6.45) is 3.51. The number of hydrogen-bond acceptors (Lipinski definition) is 5. The topological polar surface area (TPSA) is 79.8 Å². The molecule has 3 aliphatic heterocycles. The van der Waals surface area contributed by atoms with Crippen LogP contribution in [0.1, 0.15) is 47.0 Å². The number of hydrogen-bond donors (Lipinski definition) is 3. The Kier molecular flexibility index (Phi) is 4.07. The third kappa shape index (κ3) is 2.52. The summed E-state index contributed by atoms with van der Waals surface area (Å²) in [6, 6.07) is 0. The molecule has 3 aliphatic rings. The molecule has 3 fully saturated rings. The normalized spacial score (nSPS) is 38.0. The molecule has 0 aliphatic carbocycles. The van der Waals surface area contributed by atoms with Crippen LogP contribution >= 0.6 is 0 Å². The smallest absolute Gasteiger partial charge is 0.457 e. The van der Waals surface area contributed by atoms with Crippen LogP contribution in [0.4, 0.5) is 0 Å². The summed E-state index contributed by atoms with van der Waals surface area (Å²) >= 11 is 0. The van der Waals surface area contributed by atoms with Crippen molar-refractivity contribution in [2.24, 2.45) is 5.41 Å². The molecule has 130 valence electrons. The molecule has 23 heavy (non-hydrogen) atoms. The van der Waals surface area contributed by atoms with Crippen molar-refractivity contribution in [2.45, 2.75) is 70.0 Å². The molecule has 0 radical (unpaired) electrons. The van der Waals surface area contributed by atoms with E-state index >= 15 is 0 Å². The lowest BCUT2D eigenvalue weighted by Gasteiger charge is -2.36. The van der Waals surface area contributed by atoms with Gasteiger partial charge in [0.25, 0.3) is 0 Å². The molecule has 0 aromatic carbocycles. The van der Waals surface area contributed by atoms with Crippen LogP contribution in [0.3, 0.4) is 0 Å². The maximum atomic E-state index is 11.8. The lowest BCUT2D eigenvalue weighted by Crippen LogP contribution is -2.58. The van der Waals surface area contributed by atoms with Crippen molar-refractivity contribution in [1.82, 2.24) is 10.6 Å². The van der Waals surface area contributed by atoms with Gasteiger partial charge in [-0.25, -0.2) is 0 Å². The first kappa shape index (κ1) is 17.2. The van der Waals surface area contributed by atoms with Gasteiger partial charge in [0, 0.05) is 18.5 Å². The van der Waals surface area contributed by atoms with Crippen molar-refractivity contribution in [3.8, 4) is 0 Å². The molecule has 2 atom stereocenters. The van der Waals surface area contributed by atoms with Crippen molar-refractivity contribution in [1.29, 1.82) is 0 Å². The van der Waals surface area contributed by atoms with Gasteiger partial charge in [-0.2, -0.15) is 0 Å². The third-order valence-electron chi connectivity index (χ3n) is 6.55. The SMILES string of the molecule is CC1(C)OB(CCC[C@]23CCN[C@@]2(C(=O)O)CNC3)OC1(C)C. The van der Waals surface area contributed by atoms with Gasteiger partial charge in [0.1, 0.15) is 5.54 Å². The molecule has 0 aromatic rings. The molecular formula is C16H29BN2O4. The highest BCUT2D eigenvalue weighted by atomic mass is 16.7. The monoisotopic (exact) mass is 324 g/mol. The van der Waals surface area contributed by atoms with Gasteiger partial charge in [0.15, 0.2) is 0 Å². The van der Waals surface area contributed by atoms with E-state index in [1.54, 1.807) is 0 Å². The average Bonchev–Trinajstić information content (AvgIpc) is 2.98. The second-order valence-electron chi connectivity index (χ2n) is 8.35. The summed E-state index contributed by atoms with van der Waals surface area (Å²) in [5, 5.41) is 16.3. The fraction of sp³-hybridized carbons (Fsp3) is 0.938. The van der Waals surface area contributed by atoms with Gasteiger partial charge in [-0.1, -0.05) is 6.42 Å². The summed E-state index contributed by atoms with van der Waals surface area (Å²) in [7, 11) is -0.195. The maximum Gasteiger partial charge on any atom is 0.457 e. The Bertz CT molecular complexity index is 468. The number of carbonyl (C=O) groups is 1.